The van der Waals surface area contributed by atoms with Gasteiger partial charge in [0.25, 0.3) is 0 Å². The van der Waals surface area contributed by atoms with Gasteiger partial charge in [0.1, 0.15) is 35.7 Å². The van der Waals surface area contributed by atoms with Crippen molar-refractivity contribution in [3.05, 3.63) is 28.6 Å². The van der Waals surface area contributed by atoms with Crippen LogP contribution in [0, 0.1) is 0 Å². The number of rotatable bonds is 4. The van der Waals surface area contributed by atoms with Crippen molar-refractivity contribution in [2.45, 2.75) is 30.7 Å². The molecule has 0 bridgehead atoms. The van der Waals surface area contributed by atoms with Crippen LogP contribution in [-0.4, -0.2) is 70.0 Å². The molecule has 5 N–H and O–H groups in total. The summed E-state index contributed by atoms with van der Waals surface area (Å²) in [4.78, 5) is 11.8. The molecular formula is C16H18O10. The molecule has 0 radical (unpaired) electrons. The average molecular weight is 370 g/mol. The van der Waals surface area contributed by atoms with E-state index >= 15 is 0 Å². The lowest BCUT2D eigenvalue weighted by molar-refractivity contribution is -0.277. The van der Waals surface area contributed by atoms with E-state index in [0.29, 0.717) is 0 Å². The fourth-order valence-electron chi connectivity index (χ4n) is 2.70. The molecule has 1 aromatic heterocycles. The minimum Gasteiger partial charge on any atom is -0.504 e. The summed E-state index contributed by atoms with van der Waals surface area (Å²) in [5, 5.41) is 48.9. The molecule has 0 saturated carbocycles. The predicted molar refractivity (Wildman–Crippen MR) is 85.1 cm³/mol. The second-order valence-corrected chi connectivity index (χ2v) is 5.74. The Labute approximate surface area is 146 Å². The van der Waals surface area contributed by atoms with Crippen LogP contribution in [0.3, 0.4) is 0 Å². The van der Waals surface area contributed by atoms with Crippen LogP contribution in [0.5, 0.6) is 17.2 Å². The molecule has 1 saturated heterocycles. The number of aliphatic hydroxyl groups excluding tert-OH is 4. The highest BCUT2D eigenvalue weighted by molar-refractivity contribution is 5.86. The summed E-state index contributed by atoms with van der Waals surface area (Å²) in [7, 11) is 1.22. The molecule has 1 aliphatic heterocycles. The van der Waals surface area contributed by atoms with E-state index in [-0.39, 0.29) is 22.5 Å². The third-order valence-corrected chi connectivity index (χ3v) is 4.12. The average Bonchev–Trinajstić information content (AvgIpc) is 2.62. The van der Waals surface area contributed by atoms with Gasteiger partial charge in [0, 0.05) is 6.07 Å². The van der Waals surface area contributed by atoms with Gasteiger partial charge in [0.15, 0.2) is 5.75 Å². The summed E-state index contributed by atoms with van der Waals surface area (Å²) < 4.78 is 20.5. The van der Waals surface area contributed by atoms with Crippen molar-refractivity contribution in [1.29, 1.82) is 0 Å². The largest absolute Gasteiger partial charge is 0.504 e. The van der Waals surface area contributed by atoms with Crippen LogP contribution in [0.15, 0.2) is 27.4 Å². The molecule has 10 heteroatoms. The smallest absolute Gasteiger partial charge is 0.383 e. The van der Waals surface area contributed by atoms with Gasteiger partial charge in [0.2, 0.25) is 12.0 Å². The quantitative estimate of drug-likeness (QED) is 0.409. The Morgan fingerprint density at radius 2 is 1.88 bits per heavy atom. The van der Waals surface area contributed by atoms with Gasteiger partial charge in [-0.15, -0.1) is 0 Å². The number of benzene rings is 1. The summed E-state index contributed by atoms with van der Waals surface area (Å²) in [6, 6.07) is 4.08. The fourth-order valence-corrected chi connectivity index (χ4v) is 2.70. The second-order valence-electron chi connectivity index (χ2n) is 5.74. The van der Waals surface area contributed by atoms with E-state index in [4.69, 9.17) is 18.6 Å². The maximum absolute atomic E-state index is 11.8. The highest BCUT2D eigenvalue weighted by atomic mass is 16.7. The summed E-state index contributed by atoms with van der Waals surface area (Å²) in [6.45, 7) is -0.592. The molecule has 1 aliphatic rings. The van der Waals surface area contributed by atoms with Crippen molar-refractivity contribution < 1.29 is 44.2 Å². The van der Waals surface area contributed by atoms with E-state index < -0.39 is 48.7 Å². The molecule has 0 spiro atoms. The highest BCUT2D eigenvalue weighted by Crippen LogP contribution is 2.33. The minimum atomic E-state index is -1.59. The molecule has 0 unspecified atom stereocenters. The first-order valence-electron chi connectivity index (χ1n) is 7.68. The van der Waals surface area contributed by atoms with Crippen LogP contribution in [0.4, 0.5) is 0 Å². The second kappa shape index (κ2) is 7.09. The molecule has 0 amide bonds. The molecule has 10 nitrogen and oxygen atoms in total. The Morgan fingerprint density at radius 3 is 2.54 bits per heavy atom. The van der Waals surface area contributed by atoms with Crippen LogP contribution in [0.2, 0.25) is 0 Å². The zero-order chi connectivity index (χ0) is 19.0. The topological polar surface area (TPSA) is 159 Å². The zero-order valence-electron chi connectivity index (χ0n) is 13.6. The Kier molecular flexibility index (Phi) is 5.03. The Balaban J connectivity index is 1.90. The van der Waals surface area contributed by atoms with Crippen LogP contribution >= 0.6 is 0 Å². The number of aliphatic hydroxyl groups is 4. The van der Waals surface area contributed by atoms with Gasteiger partial charge in [0.05, 0.1) is 19.1 Å². The molecule has 2 heterocycles. The van der Waals surface area contributed by atoms with Crippen LogP contribution in [0.25, 0.3) is 11.0 Å². The normalized spacial score (nSPS) is 28.9. The molecule has 1 aromatic carbocycles. The van der Waals surface area contributed by atoms with Gasteiger partial charge in [-0.25, -0.2) is 4.79 Å². The monoisotopic (exact) mass is 370 g/mol. The van der Waals surface area contributed by atoms with Crippen molar-refractivity contribution in [1.82, 2.24) is 0 Å². The zero-order valence-corrected chi connectivity index (χ0v) is 13.6. The SMILES string of the molecule is COc1c(O)c2ccc(O[C@@H]3O[C@H](CO)[C@H](O)[C@H](O)[C@H]3O)cc2oc1=O. The van der Waals surface area contributed by atoms with E-state index in [0.717, 1.165) is 0 Å². The first-order chi connectivity index (χ1) is 12.4. The lowest BCUT2D eigenvalue weighted by Crippen LogP contribution is -2.60. The van der Waals surface area contributed by atoms with Gasteiger partial charge >= 0.3 is 5.63 Å². The Hall–Kier alpha value is -2.37. The Bertz CT molecular complexity index is 845. The van der Waals surface area contributed by atoms with Crippen LogP contribution in [0.1, 0.15) is 0 Å². The standard InChI is InChI=1S/C16H18O10/c1-23-14-10(18)7-3-2-6(4-8(7)25-15(14)22)24-16-13(21)12(20)11(19)9(5-17)26-16/h2-4,9,11-13,16-21H,5H2,1H3/t9-,11+,12+,13-,16-/m1/s1. The van der Waals surface area contributed by atoms with Gasteiger partial charge in [-0.05, 0) is 12.1 Å². The Morgan fingerprint density at radius 1 is 1.15 bits per heavy atom. The summed E-state index contributed by atoms with van der Waals surface area (Å²) >= 11 is 0. The summed E-state index contributed by atoms with van der Waals surface area (Å²) in [6.07, 6.45) is -7.18. The van der Waals surface area contributed by atoms with Crippen molar-refractivity contribution in [2.75, 3.05) is 13.7 Å². The number of fused-ring (bicyclic) bond motifs is 1. The van der Waals surface area contributed by atoms with E-state index in [2.05, 4.69) is 0 Å². The number of aromatic hydroxyl groups is 1. The van der Waals surface area contributed by atoms with E-state index in [1.165, 1.54) is 25.3 Å². The van der Waals surface area contributed by atoms with Gasteiger partial charge < -0.3 is 44.2 Å². The predicted octanol–water partition coefficient (Wildman–Crippen LogP) is -1.31. The van der Waals surface area contributed by atoms with Gasteiger partial charge in [-0.3, -0.25) is 0 Å². The number of methoxy groups -OCH3 is 1. The lowest BCUT2D eigenvalue weighted by atomic mass is 9.99. The molecule has 1 fully saturated rings. The van der Waals surface area contributed by atoms with E-state index in [9.17, 15) is 30.3 Å². The first kappa shape index (κ1) is 18.4. The number of hydrogen-bond acceptors (Lipinski definition) is 10. The van der Waals surface area contributed by atoms with Gasteiger partial charge in [-0.1, -0.05) is 0 Å². The third-order valence-electron chi connectivity index (χ3n) is 4.12. The maximum atomic E-state index is 11.8. The third kappa shape index (κ3) is 3.08. The van der Waals surface area contributed by atoms with Crippen LogP contribution in [-0.2, 0) is 4.74 Å². The first-order valence-corrected chi connectivity index (χ1v) is 7.68. The molecule has 3 rings (SSSR count). The van der Waals surface area contributed by atoms with Crippen molar-refractivity contribution in [3.63, 3.8) is 0 Å². The highest BCUT2D eigenvalue weighted by Gasteiger charge is 2.44. The molecular weight excluding hydrogens is 352 g/mol. The number of hydrogen-bond donors (Lipinski definition) is 5. The summed E-state index contributed by atoms with van der Waals surface area (Å²) in [5.41, 5.74) is -0.891. The van der Waals surface area contributed by atoms with E-state index in [1.54, 1.807) is 0 Å². The minimum absolute atomic E-state index is 0.00427. The molecule has 142 valence electrons. The summed E-state index contributed by atoms with van der Waals surface area (Å²) in [5.74, 6) is -0.632. The fraction of sp³-hybridized carbons (Fsp3) is 0.438. The van der Waals surface area contributed by atoms with E-state index in [1.807, 2.05) is 0 Å². The lowest BCUT2D eigenvalue weighted by Gasteiger charge is -2.39. The number of ether oxygens (including phenoxy) is 3. The van der Waals surface area contributed by atoms with Crippen LogP contribution < -0.4 is 15.1 Å². The molecule has 0 aliphatic carbocycles. The van der Waals surface area contributed by atoms with Gasteiger partial charge in [-0.2, -0.15) is 0 Å². The molecule has 5 atom stereocenters. The van der Waals surface area contributed by atoms with Crippen molar-refractivity contribution in [3.8, 4) is 17.2 Å². The molecule has 2 aromatic rings. The molecule has 26 heavy (non-hydrogen) atoms. The maximum Gasteiger partial charge on any atom is 0.383 e. The van der Waals surface area contributed by atoms with Crippen molar-refractivity contribution in [2.24, 2.45) is 0 Å². The van der Waals surface area contributed by atoms with Crippen molar-refractivity contribution >= 4 is 11.0 Å².